The van der Waals surface area contributed by atoms with Gasteiger partial charge in [0.1, 0.15) is 0 Å². The Labute approximate surface area is 166 Å². The van der Waals surface area contributed by atoms with E-state index < -0.39 is 0 Å². The molecule has 0 radical (unpaired) electrons. The Kier molecular flexibility index (Phi) is 6.88. The van der Waals surface area contributed by atoms with E-state index in [1.54, 1.807) is 11.3 Å². The van der Waals surface area contributed by atoms with Crippen LogP contribution in [-0.2, 0) is 17.8 Å². The van der Waals surface area contributed by atoms with Crippen molar-refractivity contribution in [2.75, 3.05) is 6.61 Å². The maximum Gasteiger partial charge on any atom is 0.0809 e. The Balaban J connectivity index is 1.54. The van der Waals surface area contributed by atoms with Crippen LogP contribution < -0.4 is 0 Å². The molecule has 0 N–H and O–H groups in total. The number of thiocarbonyl (C=S) groups is 1. The Hall–Kier alpha value is -0.260. The van der Waals surface area contributed by atoms with Crippen molar-refractivity contribution in [3.63, 3.8) is 0 Å². The number of alkyl halides is 1. The predicted molar refractivity (Wildman–Crippen MR) is 111 cm³/mol. The minimum atomic E-state index is 0.434. The SMILES string of the molecule is S=C1CC(Br)[C@H](COCc2cccs2)[C@H]1CCc1ccc(Cl)cc1. The summed E-state index contributed by atoms with van der Waals surface area (Å²) in [7, 11) is 0. The summed E-state index contributed by atoms with van der Waals surface area (Å²) in [5.74, 6) is 0.910. The van der Waals surface area contributed by atoms with Gasteiger partial charge in [-0.1, -0.05) is 57.9 Å². The molecule has 3 rings (SSSR count). The molecule has 1 fully saturated rings. The lowest BCUT2D eigenvalue weighted by molar-refractivity contribution is 0.0815. The molecule has 0 spiro atoms. The summed E-state index contributed by atoms with van der Waals surface area (Å²) in [4.78, 5) is 2.90. The zero-order valence-corrected chi connectivity index (χ0v) is 17.3. The quantitative estimate of drug-likeness (QED) is 0.366. The van der Waals surface area contributed by atoms with E-state index in [1.165, 1.54) is 15.3 Å². The van der Waals surface area contributed by atoms with E-state index in [0.717, 1.165) is 30.9 Å². The zero-order chi connectivity index (χ0) is 16.9. The van der Waals surface area contributed by atoms with Gasteiger partial charge in [0.25, 0.3) is 0 Å². The minimum Gasteiger partial charge on any atom is -0.376 e. The molecule has 2 aromatic rings. The number of aryl methyl sites for hydroxylation is 1. The molecule has 1 aromatic carbocycles. The van der Waals surface area contributed by atoms with Gasteiger partial charge < -0.3 is 4.74 Å². The molecule has 0 amide bonds. The lowest BCUT2D eigenvalue weighted by Crippen LogP contribution is -2.23. The van der Waals surface area contributed by atoms with Crippen LogP contribution in [0.4, 0.5) is 0 Å². The number of halogens is 2. The van der Waals surface area contributed by atoms with Crippen LogP contribution in [0.1, 0.15) is 23.3 Å². The van der Waals surface area contributed by atoms with Gasteiger partial charge in [0, 0.05) is 20.6 Å². The fourth-order valence-electron chi connectivity index (χ4n) is 3.24. The summed E-state index contributed by atoms with van der Waals surface area (Å²) in [6.07, 6.45) is 3.09. The molecule has 5 heteroatoms. The molecule has 1 aliphatic rings. The van der Waals surface area contributed by atoms with Crippen LogP contribution in [0.3, 0.4) is 0 Å². The Morgan fingerprint density at radius 1 is 1.25 bits per heavy atom. The normalized spacial score (nSPS) is 23.8. The first-order chi connectivity index (χ1) is 11.6. The highest BCUT2D eigenvalue weighted by atomic mass is 79.9. The molecule has 1 heterocycles. The fourth-order valence-corrected chi connectivity index (χ4v) is 5.57. The van der Waals surface area contributed by atoms with Crippen molar-refractivity contribution in [1.29, 1.82) is 0 Å². The first-order valence-electron chi connectivity index (χ1n) is 8.15. The third-order valence-electron chi connectivity index (χ3n) is 4.58. The average Bonchev–Trinajstić information content (AvgIpc) is 3.16. The van der Waals surface area contributed by atoms with Crippen LogP contribution in [0.2, 0.25) is 5.02 Å². The van der Waals surface area contributed by atoms with Gasteiger partial charge in [-0.05, 0) is 59.2 Å². The number of hydrogen-bond donors (Lipinski definition) is 0. The summed E-state index contributed by atoms with van der Waals surface area (Å²) >= 11 is 17.2. The van der Waals surface area contributed by atoms with Crippen molar-refractivity contribution in [3.05, 3.63) is 57.2 Å². The van der Waals surface area contributed by atoms with Crippen LogP contribution in [0.5, 0.6) is 0 Å². The molecule has 1 saturated carbocycles. The molecule has 1 unspecified atom stereocenters. The number of benzene rings is 1. The van der Waals surface area contributed by atoms with Crippen molar-refractivity contribution in [1.82, 2.24) is 0 Å². The van der Waals surface area contributed by atoms with Gasteiger partial charge in [-0.2, -0.15) is 0 Å². The summed E-state index contributed by atoms with van der Waals surface area (Å²) in [6, 6.07) is 12.3. The molecular weight excluding hydrogens is 424 g/mol. The molecule has 0 saturated heterocycles. The number of hydrogen-bond acceptors (Lipinski definition) is 3. The maximum absolute atomic E-state index is 5.98. The van der Waals surface area contributed by atoms with E-state index in [9.17, 15) is 0 Å². The van der Waals surface area contributed by atoms with Gasteiger partial charge in [-0.3, -0.25) is 0 Å². The standard InChI is InChI=1S/C19H20BrClOS2/c20-18-10-19(23)16(8-5-13-3-6-14(21)7-4-13)17(18)12-22-11-15-2-1-9-24-15/h1-4,6-7,9,16-18H,5,8,10-12H2/t16-,17-,18?/m1/s1. The predicted octanol–water partition coefficient (Wildman–Crippen LogP) is 6.32. The number of thiophene rings is 1. The van der Waals surface area contributed by atoms with Crippen molar-refractivity contribution in [3.8, 4) is 0 Å². The van der Waals surface area contributed by atoms with Crippen LogP contribution in [0.25, 0.3) is 0 Å². The molecule has 1 aliphatic carbocycles. The van der Waals surface area contributed by atoms with Crippen LogP contribution in [0, 0.1) is 11.8 Å². The van der Waals surface area contributed by atoms with Gasteiger partial charge in [0.05, 0.1) is 13.2 Å². The second-order valence-corrected chi connectivity index (χ2v) is 9.39. The van der Waals surface area contributed by atoms with Gasteiger partial charge in [-0.15, -0.1) is 11.3 Å². The van der Waals surface area contributed by atoms with Crippen molar-refractivity contribution < 1.29 is 4.74 Å². The van der Waals surface area contributed by atoms with E-state index in [-0.39, 0.29) is 0 Å². The third kappa shape index (κ3) is 4.89. The molecule has 0 aliphatic heterocycles. The van der Waals surface area contributed by atoms with E-state index in [0.29, 0.717) is 23.3 Å². The Morgan fingerprint density at radius 2 is 2.04 bits per heavy atom. The van der Waals surface area contributed by atoms with Gasteiger partial charge >= 0.3 is 0 Å². The van der Waals surface area contributed by atoms with E-state index in [1.807, 2.05) is 12.1 Å². The molecule has 128 valence electrons. The molecular formula is C19H20BrClOS2. The molecule has 3 atom stereocenters. The third-order valence-corrected chi connectivity index (χ3v) is 7.16. The van der Waals surface area contributed by atoms with Gasteiger partial charge in [0.15, 0.2) is 0 Å². The first-order valence-corrected chi connectivity index (χ1v) is 10.7. The summed E-state index contributed by atoms with van der Waals surface area (Å²) < 4.78 is 5.98. The molecule has 0 bridgehead atoms. The van der Waals surface area contributed by atoms with Crippen LogP contribution >= 0.6 is 51.1 Å². The second kappa shape index (κ2) is 8.91. The monoisotopic (exact) mass is 442 g/mol. The van der Waals surface area contributed by atoms with Crippen molar-refractivity contribution in [2.24, 2.45) is 11.8 Å². The topological polar surface area (TPSA) is 9.23 Å². The fraction of sp³-hybridized carbons (Fsp3) is 0.421. The largest absolute Gasteiger partial charge is 0.376 e. The molecule has 24 heavy (non-hydrogen) atoms. The highest BCUT2D eigenvalue weighted by molar-refractivity contribution is 9.09. The van der Waals surface area contributed by atoms with Crippen LogP contribution in [0.15, 0.2) is 41.8 Å². The van der Waals surface area contributed by atoms with E-state index in [2.05, 4.69) is 45.6 Å². The van der Waals surface area contributed by atoms with E-state index >= 15 is 0 Å². The smallest absolute Gasteiger partial charge is 0.0809 e. The van der Waals surface area contributed by atoms with Crippen LogP contribution in [-0.4, -0.2) is 16.3 Å². The Morgan fingerprint density at radius 3 is 2.75 bits per heavy atom. The van der Waals surface area contributed by atoms with Crippen molar-refractivity contribution >= 4 is 56.0 Å². The maximum atomic E-state index is 5.98. The van der Waals surface area contributed by atoms with Crippen molar-refractivity contribution in [2.45, 2.75) is 30.7 Å². The number of ether oxygens (including phenoxy) is 1. The number of rotatable bonds is 7. The van der Waals surface area contributed by atoms with E-state index in [4.69, 9.17) is 28.6 Å². The lowest BCUT2D eigenvalue weighted by Gasteiger charge is -2.22. The summed E-state index contributed by atoms with van der Waals surface area (Å²) in [6.45, 7) is 1.46. The summed E-state index contributed by atoms with van der Waals surface area (Å²) in [5.41, 5.74) is 1.32. The zero-order valence-electron chi connectivity index (χ0n) is 13.3. The lowest BCUT2D eigenvalue weighted by atomic mass is 9.90. The second-order valence-electron chi connectivity index (χ2n) is 6.22. The first kappa shape index (κ1) is 18.5. The van der Waals surface area contributed by atoms with Gasteiger partial charge in [-0.25, -0.2) is 0 Å². The minimum absolute atomic E-state index is 0.434. The average molecular weight is 444 g/mol. The highest BCUT2D eigenvalue weighted by Gasteiger charge is 2.38. The molecule has 1 nitrogen and oxygen atoms in total. The molecule has 1 aromatic heterocycles. The van der Waals surface area contributed by atoms with Gasteiger partial charge in [0.2, 0.25) is 0 Å². The highest BCUT2D eigenvalue weighted by Crippen LogP contribution is 2.38. The Bertz CT molecular complexity index is 657. The summed E-state index contributed by atoms with van der Waals surface area (Å²) in [5, 5.41) is 2.88.